The Morgan fingerprint density at radius 3 is 2.32 bits per heavy atom. The summed E-state index contributed by atoms with van der Waals surface area (Å²) in [6, 6.07) is 22.9. The highest BCUT2D eigenvalue weighted by atomic mass is 16.2. The van der Waals surface area contributed by atoms with Crippen molar-refractivity contribution >= 4 is 11.7 Å². The van der Waals surface area contributed by atoms with Crippen molar-refractivity contribution in [1.82, 2.24) is 15.2 Å². The Labute approximate surface area is 247 Å². The Kier molecular flexibility index (Phi) is 12.5. The molecule has 1 N–H and O–H groups in total. The van der Waals surface area contributed by atoms with Crippen LogP contribution in [0, 0.1) is 0 Å². The number of nitrogens with zero attached hydrogens (tertiary/aromatic N) is 2. The van der Waals surface area contributed by atoms with E-state index in [9.17, 15) is 9.59 Å². The molecule has 1 amide bonds. The fourth-order valence-corrected chi connectivity index (χ4v) is 6.20. The van der Waals surface area contributed by atoms with Crippen LogP contribution in [-0.4, -0.2) is 47.3 Å². The molecule has 1 aromatic heterocycles. The lowest BCUT2D eigenvalue weighted by Gasteiger charge is -2.41. The molecular formula is C36H47N3O2. The van der Waals surface area contributed by atoms with E-state index in [1.165, 1.54) is 16.7 Å². The van der Waals surface area contributed by atoms with Crippen molar-refractivity contribution in [2.75, 3.05) is 19.6 Å². The molecule has 2 aromatic carbocycles. The topological polar surface area (TPSA) is 62.3 Å². The Morgan fingerprint density at radius 2 is 1.68 bits per heavy atom. The molecule has 5 heteroatoms. The minimum atomic E-state index is -0.434. The van der Waals surface area contributed by atoms with Crippen molar-refractivity contribution in [3.05, 3.63) is 114 Å². The van der Waals surface area contributed by atoms with Gasteiger partial charge < -0.3 is 5.32 Å². The van der Waals surface area contributed by atoms with E-state index < -0.39 is 5.41 Å². The molecule has 218 valence electrons. The number of benzene rings is 2. The van der Waals surface area contributed by atoms with Gasteiger partial charge in [-0.1, -0.05) is 80.6 Å². The highest BCUT2D eigenvalue weighted by Gasteiger charge is 2.40. The molecule has 0 spiro atoms. The first kappa shape index (κ1) is 32.0. The number of allylic oxidation sites excluding steroid dienone is 1. The van der Waals surface area contributed by atoms with Crippen LogP contribution in [0.3, 0.4) is 0 Å². The largest absolute Gasteiger partial charge is 0.352 e. The van der Waals surface area contributed by atoms with E-state index in [1.807, 2.05) is 51.2 Å². The summed E-state index contributed by atoms with van der Waals surface area (Å²) in [6.07, 6.45) is 9.76. The van der Waals surface area contributed by atoms with Gasteiger partial charge in [0, 0.05) is 24.4 Å². The number of rotatable bonds is 7. The first-order valence-electron chi connectivity index (χ1n) is 15.1. The molecule has 2 aliphatic rings. The maximum Gasteiger partial charge on any atom is 0.234 e. The van der Waals surface area contributed by atoms with Gasteiger partial charge in [0.05, 0.1) is 12.0 Å². The average Bonchev–Trinajstić information content (AvgIpc) is 3.01. The summed E-state index contributed by atoms with van der Waals surface area (Å²) in [4.78, 5) is 32.4. The number of ketones is 1. The molecule has 1 saturated heterocycles. The predicted octanol–water partition coefficient (Wildman–Crippen LogP) is 6.68. The Bertz CT molecular complexity index is 1230. The minimum Gasteiger partial charge on any atom is -0.352 e. The summed E-state index contributed by atoms with van der Waals surface area (Å²) in [7, 11) is 0. The van der Waals surface area contributed by atoms with E-state index in [0.29, 0.717) is 6.54 Å². The van der Waals surface area contributed by atoms with Crippen molar-refractivity contribution < 1.29 is 9.59 Å². The van der Waals surface area contributed by atoms with E-state index in [1.54, 1.807) is 19.2 Å². The quantitative estimate of drug-likeness (QED) is 0.332. The third kappa shape index (κ3) is 8.23. The molecule has 1 aliphatic heterocycles. The summed E-state index contributed by atoms with van der Waals surface area (Å²) < 4.78 is 0. The molecule has 1 aliphatic carbocycles. The van der Waals surface area contributed by atoms with Crippen LogP contribution >= 0.6 is 0 Å². The molecular weight excluding hydrogens is 506 g/mol. The van der Waals surface area contributed by atoms with Gasteiger partial charge >= 0.3 is 0 Å². The zero-order valence-corrected chi connectivity index (χ0v) is 25.3. The number of fused-ring (bicyclic) bond motifs is 1. The molecule has 0 bridgehead atoms. The highest BCUT2D eigenvalue weighted by molar-refractivity contribution is 5.88. The first-order chi connectivity index (χ1) is 20.0. The van der Waals surface area contributed by atoms with Crippen molar-refractivity contribution in [3.63, 3.8) is 0 Å². The van der Waals surface area contributed by atoms with Gasteiger partial charge in [-0.05, 0) is 87.4 Å². The fraction of sp³-hybridized carbons (Fsp3) is 0.417. The predicted molar refractivity (Wildman–Crippen MR) is 169 cm³/mol. The summed E-state index contributed by atoms with van der Waals surface area (Å²) in [5, 5.41) is 3.38. The number of carbonyl (C=O) groups excluding carboxylic acids is 2. The van der Waals surface area contributed by atoms with Gasteiger partial charge in [-0.2, -0.15) is 0 Å². The number of Topliss-reactive ketones (excluding diaryl/α,β-unsaturated/α-hetero) is 1. The van der Waals surface area contributed by atoms with Crippen LogP contribution in [0.4, 0.5) is 0 Å². The Balaban J connectivity index is 0.000000868. The van der Waals surface area contributed by atoms with E-state index in [2.05, 4.69) is 64.2 Å². The standard InChI is InChI=1S/C31H35N3O2.C3H6.C2H6/c1-23(35)31(26-10-3-2-4-11-26)15-18-34(19-16-31)22-30(36)33-29-14-13-25-9-5-6-12-27(25)28(29)20-24-8-7-17-32-21-24;1-3-2;1-2/h2-12,17,21,28-29H,13-16,18-20,22H2,1H3,(H,33,36);3H,1H2,2H3;1-2H3. The molecule has 41 heavy (non-hydrogen) atoms. The SMILES string of the molecule is C=CC.CC.CC(=O)C1(c2ccccc2)CCN(CC(=O)NC2CCc3ccccc3C2Cc2cccnc2)CC1. The molecule has 5 nitrogen and oxygen atoms in total. The van der Waals surface area contributed by atoms with E-state index >= 15 is 0 Å². The normalized spacial score (nSPS) is 19.2. The second-order valence-corrected chi connectivity index (χ2v) is 10.8. The second kappa shape index (κ2) is 16.0. The number of amides is 1. The van der Waals surface area contributed by atoms with Crippen molar-refractivity contribution in [1.29, 1.82) is 0 Å². The average molecular weight is 554 g/mol. The third-order valence-corrected chi connectivity index (χ3v) is 8.27. The van der Waals surface area contributed by atoms with Crippen LogP contribution in [0.2, 0.25) is 0 Å². The maximum absolute atomic E-state index is 13.2. The molecule has 0 radical (unpaired) electrons. The van der Waals surface area contributed by atoms with Crippen molar-refractivity contribution in [2.24, 2.45) is 0 Å². The number of likely N-dealkylation sites (tertiary alicyclic amines) is 1. The summed E-state index contributed by atoms with van der Waals surface area (Å²) >= 11 is 0. The zero-order valence-electron chi connectivity index (χ0n) is 25.3. The minimum absolute atomic E-state index is 0.0746. The number of nitrogens with one attached hydrogen (secondary N) is 1. The van der Waals surface area contributed by atoms with E-state index in [0.717, 1.165) is 50.8 Å². The lowest BCUT2D eigenvalue weighted by atomic mass is 9.70. The highest BCUT2D eigenvalue weighted by Crippen LogP contribution is 2.37. The lowest BCUT2D eigenvalue weighted by Crippen LogP contribution is -2.51. The molecule has 3 aromatic rings. The molecule has 1 fully saturated rings. The fourth-order valence-electron chi connectivity index (χ4n) is 6.20. The summed E-state index contributed by atoms with van der Waals surface area (Å²) in [5.74, 6) is 0.524. The number of piperidine rings is 1. The number of aryl methyl sites for hydroxylation is 1. The van der Waals surface area contributed by atoms with Gasteiger partial charge in [0.2, 0.25) is 5.91 Å². The maximum atomic E-state index is 13.2. The Morgan fingerprint density at radius 1 is 1.02 bits per heavy atom. The molecule has 0 saturated carbocycles. The molecule has 2 atom stereocenters. The number of hydrogen-bond acceptors (Lipinski definition) is 4. The smallest absolute Gasteiger partial charge is 0.234 e. The van der Waals surface area contributed by atoms with Gasteiger partial charge in [0.1, 0.15) is 5.78 Å². The van der Waals surface area contributed by atoms with Crippen LogP contribution in [-0.2, 0) is 27.8 Å². The van der Waals surface area contributed by atoms with Crippen molar-refractivity contribution in [3.8, 4) is 0 Å². The first-order valence-corrected chi connectivity index (χ1v) is 15.1. The van der Waals surface area contributed by atoms with Gasteiger partial charge in [-0.15, -0.1) is 6.58 Å². The van der Waals surface area contributed by atoms with Gasteiger partial charge in [-0.25, -0.2) is 0 Å². The molecule has 2 unspecified atom stereocenters. The van der Waals surface area contributed by atoms with Gasteiger partial charge in [0.25, 0.3) is 0 Å². The summed E-state index contributed by atoms with van der Waals surface area (Å²) in [5.41, 5.74) is 4.58. The Hall–Kier alpha value is -3.57. The van der Waals surface area contributed by atoms with Gasteiger partial charge in [-0.3, -0.25) is 19.5 Å². The second-order valence-electron chi connectivity index (χ2n) is 10.8. The molecule has 5 rings (SSSR count). The lowest BCUT2D eigenvalue weighted by molar-refractivity contribution is -0.125. The van der Waals surface area contributed by atoms with E-state index in [-0.39, 0.29) is 23.7 Å². The third-order valence-electron chi connectivity index (χ3n) is 8.27. The number of pyridine rings is 1. The molecule has 2 heterocycles. The number of carbonyl (C=O) groups is 2. The van der Waals surface area contributed by atoms with Crippen molar-refractivity contribution in [2.45, 2.75) is 77.2 Å². The van der Waals surface area contributed by atoms with Gasteiger partial charge in [0.15, 0.2) is 0 Å². The van der Waals surface area contributed by atoms with Crippen LogP contribution in [0.1, 0.15) is 75.1 Å². The van der Waals surface area contributed by atoms with Crippen LogP contribution in [0.15, 0.2) is 91.8 Å². The van der Waals surface area contributed by atoms with Crippen LogP contribution in [0.5, 0.6) is 0 Å². The number of aromatic nitrogens is 1. The van der Waals surface area contributed by atoms with E-state index in [4.69, 9.17) is 0 Å². The monoisotopic (exact) mass is 553 g/mol. The van der Waals surface area contributed by atoms with Crippen LogP contribution in [0.25, 0.3) is 0 Å². The number of hydrogen-bond donors (Lipinski definition) is 1. The summed E-state index contributed by atoms with van der Waals surface area (Å²) in [6.45, 7) is 12.8. The van der Waals surface area contributed by atoms with Crippen LogP contribution < -0.4 is 5.32 Å². The zero-order chi connectivity index (χ0) is 29.7.